The second-order valence-electron chi connectivity index (χ2n) is 8.15. The highest BCUT2D eigenvalue weighted by Crippen LogP contribution is 2.28. The first-order valence-electron chi connectivity index (χ1n) is 11.9. The van der Waals surface area contributed by atoms with Crippen molar-refractivity contribution in [1.82, 2.24) is 19.9 Å². The van der Waals surface area contributed by atoms with Gasteiger partial charge in [0.15, 0.2) is 0 Å². The number of nitrogens with zero attached hydrogens (tertiary/aromatic N) is 4. The zero-order valence-electron chi connectivity index (χ0n) is 21.9. The van der Waals surface area contributed by atoms with Crippen molar-refractivity contribution in [3.63, 3.8) is 0 Å². The van der Waals surface area contributed by atoms with Crippen molar-refractivity contribution in [2.75, 3.05) is 12.4 Å². The van der Waals surface area contributed by atoms with Gasteiger partial charge in [0.25, 0.3) is 5.91 Å². The van der Waals surface area contributed by atoms with Crippen molar-refractivity contribution in [2.24, 2.45) is 12.0 Å². The van der Waals surface area contributed by atoms with Gasteiger partial charge in [0.2, 0.25) is 5.95 Å². The number of pyridine rings is 1. The molecule has 2 aromatic heterocycles. The number of hydrogen-bond acceptors (Lipinski definition) is 6. The number of halogens is 1. The van der Waals surface area contributed by atoms with Crippen LogP contribution >= 0.6 is 11.6 Å². The molecule has 1 aromatic carbocycles. The third-order valence-corrected chi connectivity index (χ3v) is 5.82. The van der Waals surface area contributed by atoms with E-state index in [9.17, 15) is 4.79 Å². The molecule has 0 aliphatic heterocycles. The molecule has 3 aromatic rings. The Morgan fingerprint density at radius 1 is 1.18 bits per heavy atom. The van der Waals surface area contributed by atoms with Gasteiger partial charge in [0.1, 0.15) is 17.2 Å². The van der Waals surface area contributed by atoms with Gasteiger partial charge < -0.3 is 19.9 Å². The van der Waals surface area contributed by atoms with E-state index in [1.165, 1.54) is 6.20 Å². The number of ether oxygens (including phenoxy) is 1. The number of anilines is 1. The van der Waals surface area contributed by atoms with Crippen molar-refractivity contribution < 1.29 is 9.53 Å². The topological polar surface area (TPSA) is 93.4 Å². The summed E-state index contributed by atoms with van der Waals surface area (Å²) in [6.45, 7) is 7.40. The van der Waals surface area contributed by atoms with E-state index in [0.29, 0.717) is 23.9 Å². The van der Waals surface area contributed by atoms with E-state index < -0.39 is 0 Å². The van der Waals surface area contributed by atoms with Crippen molar-refractivity contribution in [3.8, 4) is 11.5 Å². The van der Waals surface area contributed by atoms with Crippen molar-refractivity contribution >= 4 is 41.2 Å². The maximum Gasteiger partial charge on any atom is 0.269 e. The molecule has 2 heterocycles. The Kier molecular flexibility index (Phi) is 10.2. The van der Waals surface area contributed by atoms with E-state index in [2.05, 4.69) is 27.3 Å². The van der Waals surface area contributed by atoms with Crippen molar-refractivity contribution in [1.29, 1.82) is 0 Å². The second kappa shape index (κ2) is 13.8. The number of aryl methyl sites for hydroxylation is 1. The Balaban J connectivity index is 1.86. The van der Waals surface area contributed by atoms with Crippen molar-refractivity contribution in [3.05, 3.63) is 101 Å². The number of nitrogens with one attached hydrogen (secondary N) is 2. The second-order valence-corrected chi connectivity index (χ2v) is 8.37. The Hall–Kier alpha value is -4.43. The predicted octanol–water partition coefficient (Wildman–Crippen LogP) is 6.67. The lowest BCUT2D eigenvalue weighted by molar-refractivity contribution is 0.0958. The van der Waals surface area contributed by atoms with E-state index in [1.807, 2.05) is 74.0 Å². The molecule has 0 unspecified atom stereocenters. The molecule has 0 aliphatic rings. The Bertz CT molecular complexity index is 1460. The third kappa shape index (κ3) is 7.30. The molecule has 38 heavy (non-hydrogen) atoms. The monoisotopic (exact) mass is 530 g/mol. The van der Waals surface area contributed by atoms with Gasteiger partial charge in [0.05, 0.1) is 11.0 Å². The van der Waals surface area contributed by atoms with Crippen LogP contribution in [0.1, 0.15) is 30.8 Å². The van der Waals surface area contributed by atoms with Crippen LogP contribution in [0.5, 0.6) is 11.5 Å². The van der Waals surface area contributed by atoms with Crippen LogP contribution in [0.25, 0.3) is 11.0 Å². The van der Waals surface area contributed by atoms with Crippen LogP contribution in [0, 0.1) is 0 Å². The molecule has 9 heteroatoms. The minimum atomic E-state index is -0.282. The zero-order chi connectivity index (χ0) is 27.5. The van der Waals surface area contributed by atoms with E-state index in [-0.39, 0.29) is 11.6 Å². The number of allylic oxidation sites excluding steroid dienone is 7. The minimum Gasteiger partial charge on any atom is -0.457 e. The highest BCUT2D eigenvalue weighted by atomic mass is 35.5. The average molecular weight is 531 g/mol. The van der Waals surface area contributed by atoms with Gasteiger partial charge in [-0.15, -0.1) is 0 Å². The summed E-state index contributed by atoms with van der Waals surface area (Å²) in [5.74, 6) is 1.47. The van der Waals surface area contributed by atoms with E-state index in [0.717, 1.165) is 27.9 Å². The Morgan fingerprint density at radius 3 is 2.66 bits per heavy atom. The molecular weight excluding hydrogens is 500 g/mol. The lowest BCUT2D eigenvalue weighted by Crippen LogP contribution is -2.18. The normalized spacial score (nSPS) is 12.9. The quantitative estimate of drug-likeness (QED) is 0.213. The van der Waals surface area contributed by atoms with E-state index in [4.69, 9.17) is 21.3 Å². The number of fused-ring (bicyclic) bond motifs is 1. The fourth-order valence-corrected chi connectivity index (χ4v) is 3.75. The molecule has 2 N–H and O–H groups in total. The van der Waals surface area contributed by atoms with Gasteiger partial charge in [-0.2, -0.15) is 0 Å². The molecule has 0 spiro atoms. The molecule has 0 atom stereocenters. The number of carbonyl (C=O) groups excluding carboxylic acids is 1. The molecule has 0 bridgehead atoms. The summed E-state index contributed by atoms with van der Waals surface area (Å²) >= 11 is 6.16. The zero-order valence-corrected chi connectivity index (χ0v) is 22.7. The fourth-order valence-electron chi connectivity index (χ4n) is 3.61. The van der Waals surface area contributed by atoms with Gasteiger partial charge in [-0.05, 0) is 74.6 Å². The summed E-state index contributed by atoms with van der Waals surface area (Å²) in [7, 11) is 3.49. The first-order chi connectivity index (χ1) is 18.4. The summed E-state index contributed by atoms with van der Waals surface area (Å²) in [6, 6.07) is 8.93. The van der Waals surface area contributed by atoms with Crippen LogP contribution < -0.4 is 15.4 Å². The average Bonchev–Trinajstić information content (AvgIpc) is 3.23. The number of benzene rings is 1. The van der Waals surface area contributed by atoms with Crippen molar-refractivity contribution in [2.45, 2.75) is 20.3 Å². The fraction of sp³-hybridized carbons (Fsp3) is 0.172. The molecule has 3 rings (SSSR count). The molecule has 196 valence electrons. The summed E-state index contributed by atoms with van der Waals surface area (Å²) in [5.41, 5.74) is 6.32. The number of aromatic nitrogens is 3. The van der Waals surface area contributed by atoms with Crippen LogP contribution in [0.2, 0.25) is 0 Å². The SMILES string of the molecule is C=N/C=C\C(=C/C)CC(=C\Cl)/C=C(\C=C/C)Nc1nc2cc(Oc3ccnc(C(=O)NC)c3)ccc2n1C. The number of carbonyl (C=O) groups is 1. The molecule has 1 amide bonds. The Labute approximate surface area is 227 Å². The Morgan fingerprint density at radius 2 is 1.97 bits per heavy atom. The highest BCUT2D eigenvalue weighted by molar-refractivity contribution is 6.25. The van der Waals surface area contributed by atoms with Gasteiger partial charge >= 0.3 is 0 Å². The largest absolute Gasteiger partial charge is 0.457 e. The van der Waals surface area contributed by atoms with Crippen LogP contribution in [-0.2, 0) is 7.05 Å². The minimum absolute atomic E-state index is 0.277. The summed E-state index contributed by atoms with van der Waals surface area (Å²) in [4.78, 5) is 24.5. The summed E-state index contributed by atoms with van der Waals surface area (Å²) in [6.07, 6.45) is 13.6. The first kappa shape index (κ1) is 28.1. The number of amides is 1. The van der Waals surface area contributed by atoms with E-state index in [1.54, 1.807) is 30.9 Å². The van der Waals surface area contributed by atoms with E-state index >= 15 is 0 Å². The maximum atomic E-state index is 11.9. The molecular formula is C29H31ClN6O2. The molecule has 0 radical (unpaired) electrons. The number of imidazole rings is 1. The number of aliphatic imine (C=N–C) groups is 1. The van der Waals surface area contributed by atoms with Crippen LogP contribution in [0.15, 0.2) is 100 Å². The van der Waals surface area contributed by atoms with Crippen LogP contribution in [-0.4, -0.2) is 34.2 Å². The standard InChI is InChI=1S/C29H31ClN6O2/c1-6-8-22(16-21(19-30)15-20(7-2)11-13-31-3)34-29-35-25-17-23(9-10-27(25)36(29)5)38-24-12-14-33-26(18-24)28(37)32-4/h6-14,16-19H,3,15H2,1-2,4-5H3,(H,32,37)(H,34,35)/b8-6-,13-11-,20-7+,21-19+,22-16+. The smallest absolute Gasteiger partial charge is 0.269 e. The predicted molar refractivity (Wildman–Crippen MR) is 156 cm³/mol. The molecule has 8 nitrogen and oxygen atoms in total. The number of rotatable bonds is 11. The van der Waals surface area contributed by atoms with Gasteiger partial charge in [-0.3, -0.25) is 14.8 Å². The van der Waals surface area contributed by atoms with Crippen LogP contribution in [0.3, 0.4) is 0 Å². The molecule has 0 fully saturated rings. The first-order valence-corrected chi connectivity index (χ1v) is 12.4. The van der Waals surface area contributed by atoms with Gasteiger partial charge in [0, 0.05) is 49.9 Å². The third-order valence-electron chi connectivity index (χ3n) is 5.54. The molecule has 0 saturated carbocycles. The lowest BCUT2D eigenvalue weighted by Gasteiger charge is -2.09. The maximum absolute atomic E-state index is 11.9. The summed E-state index contributed by atoms with van der Waals surface area (Å²) in [5, 5.41) is 5.96. The van der Waals surface area contributed by atoms with Crippen LogP contribution in [0.4, 0.5) is 5.95 Å². The number of hydrogen-bond donors (Lipinski definition) is 2. The molecule has 0 aliphatic carbocycles. The molecule has 0 saturated heterocycles. The van der Waals surface area contributed by atoms with Gasteiger partial charge in [-0.1, -0.05) is 23.8 Å². The van der Waals surface area contributed by atoms with Gasteiger partial charge in [-0.25, -0.2) is 4.98 Å². The summed E-state index contributed by atoms with van der Waals surface area (Å²) < 4.78 is 7.94. The lowest BCUT2D eigenvalue weighted by atomic mass is 10.1. The highest BCUT2D eigenvalue weighted by Gasteiger charge is 2.12.